The monoisotopic (exact) mass is 222 g/mol. The highest BCUT2D eigenvalue weighted by molar-refractivity contribution is 5.29. The van der Waals surface area contributed by atoms with Gasteiger partial charge in [-0.25, -0.2) is 0 Å². The van der Waals surface area contributed by atoms with E-state index in [0.717, 1.165) is 18.5 Å². The van der Waals surface area contributed by atoms with Crippen molar-refractivity contribution < 1.29 is 0 Å². The first-order valence-corrected chi connectivity index (χ1v) is 5.14. The van der Waals surface area contributed by atoms with Gasteiger partial charge in [0.1, 0.15) is 0 Å². The van der Waals surface area contributed by atoms with E-state index in [0.29, 0.717) is 23.1 Å². The smallest absolute Gasteiger partial charge is 0.0928 e. The van der Waals surface area contributed by atoms with Crippen molar-refractivity contribution >= 4 is 0 Å². The second kappa shape index (κ2) is 6.61. The predicted octanol–water partition coefficient (Wildman–Crippen LogP) is 1.25. The minimum absolute atomic E-state index is 0.328. The first kappa shape index (κ1) is 14.2. The Morgan fingerprint density at radius 2 is 1.88 bits per heavy atom. The topological polar surface area (TPSA) is 90.1 Å². The zero-order valence-electron chi connectivity index (χ0n) is 9.92. The maximum atomic E-state index is 5.82. The Bertz CT molecular complexity index is 315. The van der Waals surface area contributed by atoms with Gasteiger partial charge in [0.15, 0.2) is 0 Å². The second-order valence-electron chi connectivity index (χ2n) is 3.90. The van der Waals surface area contributed by atoms with E-state index in [-0.39, 0.29) is 0 Å². The molecule has 0 saturated carbocycles. The largest absolute Gasteiger partial charge is 0.397 e. The van der Waals surface area contributed by atoms with Crippen molar-refractivity contribution in [2.24, 2.45) is 23.1 Å². The summed E-state index contributed by atoms with van der Waals surface area (Å²) >= 11 is 0. The third kappa shape index (κ3) is 5.14. The van der Waals surface area contributed by atoms with E-state index >= 15 is 0 Å². The summed E-state index contributed by atoms with van der Waals surface area (Å²) < 4.78 is 0. The Kier molecular flexibility index (Phi) is 5.85. The molecule has 4 heteroatoms. The molecular weight excluding hydrogens is 200 g/mol. The van der Waals surface area contributed by atoms with Gasteiger partial charge in [0.25, 0.3) is 0 Å². The Morgan fingerprint density at radius 1 is 1.31 bits per heavy atom. The molecule has 7 N–H and O–H groups in total. The van der Waals surface area contributed by atoms with Gasteiger partial charge in [-0.2, -0.15) is 0 Å². The van der Waals surface area contributed by atoms with Gasteiger partial charge < -0.3 is 22.5 Å². The molecule has 0 aromatic heterocycles. The van der Waals surface area contributed by atoms with Crippen LogP contribution in [0.4, 0.5) is 0 Å². The molecule has 90 valence electrons. The molecule has 0 bridgehead atoms. The molecule has 0 rings (SSSR count). The number of rotatable bonds is 7. The molecule has 0 amide bonds. The van der Waals surface area contributed by atoms with Crippen LogP contribution in [0.5, 0.6) is 0 Å². The molecule has 16 heavy (non-hydrogen) atoms. The van der Waals surface area contributed by atoms with E-state index in [1.165, 1.54) is 0 Å². The number of nitrogens with one attached hydrogen (secondary N) is 1. The summed E-state index contributed by atoms with van der Waals surface area (Å²) in [7, 11) is 0. The Labute approximate surface area is 97.6 Å². The summed E-state index contributed by atoms with van der Waals surface area (Å²) in [5.74, 6) is 0.738. The van der Waals surface area contributed by atoms with Crippen molar-refractivity contribution in [3.63, 3.8) is 0 Å². The van der Waals surface area contributed by atoms with E-state index in [1.54, 1.807) is 0 Å². The van der Waals surface area contributed by atoms with Crippen LogP contribution in [-0.2, 0) is 0 Å². The van der Waals surface area contributed by atoms with Gasteiger partial charge in [-0.1, -0.05) is 26.2 Å². The maximum Gasteiger partial charge on any atom is 0.0928 e. The SMILES string of the molecule is C=CCC(C)C/C(NC(=C)N)=C(\N)C(=C)N. The Balaban J connectivity index is 4.81. The first-order valence-electron chi connectivity index (χ1n) is 5.14. The van der Waals surface area contributed by atoms with E-state index in [1.807, 2.05) is 6.08 Å². The molecule has 0 aliphatic carbocycles. The molecular formula is C12H22N4. The fourth-order valence-electron chi connectivity index (χ4n) is 1.33. The lowest BCUT2D eigenvalue weighted by Crippen LogP contribution is -2.25. The molecule has 0 spiro atoms. The molecule has 0 saturated heterocycles. The second-order valence-corrected chi connectivity index (χ2v) is 3.90. The van der Waals surface area contributed by atoms with Gasteiger partial charge in [0.2, 0.25) is 0 Å². The van der Waals surface area contributed by atoms with Crippen molar-refractivity contribution in [1.29, 1.82) is 0 Å². The predicted molar refractivity (Wildman–Crippen MR) is 69.6 cm³/mol. The first-order chi connectivity index (χ1) is 7.38. The van der Waals surface area contributed by atoms with Gasteiger partial charge in [-0.3, -0.25) is 0 Å². The lowest BCUT2D eigenvalue weighted by Gasteiger charge is -2.17. The van der Waals surface area contributed by atoms with Crippen LogP contribution in [0.2, 0.25) is 0 Å². The summed E-state index contributed by atoms with van der Waals surface area (Å²) in [5, 5.41) is 2.91. The van der Waals surface area contributed by atoms with Crippen LogP contribution in [-0.4, -0.2) is 0 Å². The maximum absolute atomic E-state index is 5.82. The lowest BCUT2D eigenvalue weighted by molar-refractivity contribution is 0.565. The van der Waals surface area contributed by atoms with E-state index in [2.05, 4.69) is 32.0 Å². The van der Waals surface area contributed by atoms with Crippen molar-refractivity contribution in [3.8, 4) is 0 Å². The molecule has 0 fully saturated rings. The molecule has 0 aromatic rings. The van der Waals surface area contributed by atoms with E-state index in [4.69, 9.17) is 17.2 Å². The van der Waals surface area contributed by atoms with Crippen molar-refractivity contribution in [1.82, 2.24) is 5.32 Å². The van der Waals surface area contributed by atoms with Crippen LogP contribution in [0.1, 0.15) is 19.8 Å². The number of allylic oxidation sites excluding steroid dienone is 2. The molecule has 1 atom stereocenters. The molecule has 1 unspecified atom stereocenters. The van der Waals surface area contributed by atoms with Gasteiger partial charge in [-0.15, -0.1) is 6.58 Å². The fourth-order valence-corrected chi connectivity index (χ4v) is 1.33. The number of hydrogen-bond acceptors (Lipinski definition) is 4. The van der Waals surface area contributed by atoms with Gasteiger partial charge in [0.05, 0.1) is 11.5 Å². The van der Waals surface area contributed by atoms with Crippen molar-refractivity contribution in [3.05, 3.63) is 48.7 Å². The van der Waals surface area contributed by atoms with Gasteiger partial charge in [0, 0.05) is 11.4 Å². The van der Waals surface area contributed by atoms with E-state index < -0.39 is 0 Å². The summed E-state index contributed by atoms with van der Waals surface area (Å²) in [6, 6.07) is 0. The average Bonchev–Trinajstić information content (AvgIpc) is 2.15. The van der Waals surface area contributed by atoms with Crippen molar-refractivity contribution in [2.75, 3.05) is 0 Å². The van der Waals surface area contributed by atoms with Crippen LogP contribution in [0.15, 0.2) is 48.7 Å². The summed E-state index contributed by atoms with van der Waals surface area (Å²) in [6.07, 6.45) is 3.49. The highest BCUT2D eigenvalue weighted by Gasteiger charge is 2.09. The van der Waals surface area contributed by atoms with Crippen LogP contribution in [0.25, 0.3) is 0 Å². The summed E-state index contributed by atoms with van der Waals surface area (Å²) in [6.45, 7) is 13.0. The van der Waals surface area contributed by atoms with Crippen LogP contribution < -0.4 is 22.5 Å². The van der Waals surface area contributed by atoms with Crippen LogP contribution in [0, 0.1) is 5.92 Å². The lowest BCUT2D eigenvalue weighted by atomic mass is 10.0. The van der Waals surface area contributed by atoms with E-state index in [9.17, 15) is 0 Å². The zero-order valence-corrected chi connectivity index (χ0v) is 9.92. The molecule has 0 heterocycles. The number of nitrogens with two attached hydrogens (primary N) is 3. The number of hydrogen-bond donors (Lipinski definition) is 4. The Hall–Kier alpha value is -1.84. The molecule has 0 aromatic carbocycles. The van der Waals surface area contributed by atoms with Gasteiger partial charge >= 0.3 is 0 Å². The molecule has 0 aliphatic rings. The quantitative estimate of drug-likeness (QED) is 0.385. The minimum atomic E-state index is 0.328. The summed E-state index contributed by atoms with van der Waals surface area (Å²) in [4.78, 5) is 0. The van der Waals surface area contributed by atoms with Gasteiger partial charge in [-0.05, 0) is 18.8 Å². The molecule has 0 radical (unpaired) electrons. The zero-order chi connectivity index (χ0) is 12.7. The highest BCUT2D eigenvalue weighted by atomic mass is 15.0. The third-order valence-electron chi connectivity index (χ3n) is 2.10. The Morgan fingerprint density at radius 3 is 2.25 bits per heavy atom. The highest BCUT2D eigenvalue weighted by Crippen LogP contribution is 2.16. The minimum Gasteiger partial charge on any atom is -0.397 e. The third-order valence-corrected chi connectivity index (χ3v) is 2.10. The summed E-state index contributed by atoms with van der Waals surface area (Å²) in [5.41, 5.74) is 18.4. The fraction of sp³-hybridized carbons (Fsp3) is 0.333. The van der Waals surface area contributed by atoms with Crippen LogP contribution >= 0.6 is 0 Å². The van der Waals surface area contributed by atoms with Crippen molar-refractivity contribution in [2.45, 2.75) is 19.8 Å². The molecule has 4 nitrogen and oxygen atoms in total. The average molecular weight is 222 g/mol. The normalized spacial score (nSPS) is 13.6. The standard InChI is InChI=1S/C12H22N4/c1-5-6-8(2)7-11(16-10(4)14)12(15)9(3)13/h5,8,16H,1,3-4,6-7,13-15H2,2H3/b12-11+. The van der Waals surface area contributed by atoms with Crippen LogP contribution in [0.3, 0.4) is 0 Å². The molecule has 0 aliphatic heterocycles.